The van der Waals surface area contributed by atoms with Crippen LogP contribution in [0.4, 0.5) is 0 Å². The third kappa shape index (κ3) is 11.0. The molecule has 0 spiro atoms. The van der Waals surface area contributed by atoms with E-state index >= 15 is 0 Å². The lowest BCUT2D eigenvalue weighted by Crippen LogP contribution is -1.96. The van der Waals surface area contributed by atoms with Crippen molar-refractivity contribution in [1.29, 1.82) is 0 Å². The first kappa shape index (κ1) is 58.1. The number of hydrogen-bond donors (Lipinski definition) is 8. The molecule has 16 aromatic carbocycles. The third-order valence-corrected chi connectivity index (χ3v) is 18.5. The van der Waals surface area contributed by atoms with Gasteiger partial charge in [0.15, 0.2) is 0 Å². The molecule has 0 unspecified atom stereocenters. The maximum absolute atomic E-state index is 10.6. The van der Waals surface area contributed by atoms with Crippen molar-refractivity contribution in [3.63, 3.8) is 0 Å². The van der Waals surface area contributed by atoms with E-state index in [1.165, 1.54) is 0 Å². The Morgan fingerprint density at radius 1 is 0.115 bits per heavy atom. The highest BCUT2D eigenvalue weighted by molar-refractivity contribution is 6.32. The summed E-state index contributed by atoms with van der Waals surface area (Å²) in [6.45, 7) is 0. The van der Waals surface area contributed by atoms with Gasteiger partial charge < -0.3 is 40.9 Å². The predicted octanol–water partition coefficient (Wildman–Crippen LogP) is 22.2. The van der Waals surface area contributed by atoms with Gasteiger partial charge in [-0.15, -0.1) is 0 Å². The van der Waals surface area contributed by atoms with Crippen molar-refractivity contribution in [3.8, 4) is 180 Å². The molecule has 0 amide bonds. The molecule has 0 fully saturated rings. The number of aromatic hydroxyl groups is 8. The Hall–Kier alpha value is -13.0. The zero-order valence-corrected chi connectivity index (χ0v) is 51.4. The Labute approximate surface area is 552 Å². The Morgan fingerprint density at radius 2 is 0.240 bits per heavy atom. The molecular weight excluding hydrogens is 1180 g/mol. The van der Waals surface area contributed by atoms with E-state index in [0.717, 1.165) is 166 Å². The highest BCUT2D eigenvalue weighted by Crippen LogP contribution is 2.52. The lowest BCUT2D eigenvalue weighted by molar-refractivity contribution is 0.475. The van der Waals surface area contributed by atoms with E-state index < -0.39 is 0 Å². The van der Waals surface area contributed by atoms with Crippen LogP contribution in [0.15, 0.2) is 303 Å². The highest BCUT2D eigenvalue weighted by Gasteiger charge is 2.24. The number of hydrogen-bond acceptors (Lipinski definition) is 8. The number of phenols is 8. The molecule has 96 heavy (non-hydrogen) atoms. The minimum atomic E-state index is 0.150. The van der Waals surface area contributed by atoms with Crippen molar-refractivity contribution in [1.82, 2.24) is 0 Å². The van der Waals surface area contributed by atoms with E-state index in [-0.39, 0.29) is 46.0 Å². The van der Waals surface area contributed by atoms with E-state index in [4.69, 9.17) is 0 Å². The first-order chi connectivity index (χ1) is 46.7. The standard InChI is InChI=1S/C88H58O8/c89-71-17-1-51(2-18-71)59-37-60(52-3-19-72(90)20-4-52)42-67(41-59)83-49-84(68-43-61(53-5-21-73(91)22-6-53)38-62(44-68)54-7-23-74(92)24-8-54)80-35-36-82-86(70-47-65(57-13-29-77(95)30-14-57)40-66(48-70)58-15-31-78(96)32-16-58)50-85(81-34-33-79(83)87(80)88(81)82)69-45-63(55-9-25-75(93)26-10-55)39-64(46-69)56-11-27-76(94)28-12-56/h1-50,89-96H. The van der Waals surface area contributed by atoms with Crippen LogP contribution < -0.4 is 0 Å². The van der Waals surface area contributed by atoms with Gasteiger partial charge in [-0.2, -0.15) is 0 Å². The normalized spacial score (nSPS) is 11.5. The van der Waals surface area contributed by atoms with Crippen LogP contribution in [0.2, 0.25) is 0 Å². The van der Waals surface area contributed by atoms with Gasteiger partial charge in [-0.05, 0) is 348 Å². The molecular formula is C88H58O8. The lowest BCUT2D eigenvalue weighted by atomic mass is 9.80. The summed E-state index contributed by atoms with van der Waals surface area (Å²) in [6, 6.07) is 97.6. The molecule has 0 heterocycles. The van der Waals surface area contributed by atoms with Crippen LogP contribution in [0.1, 0.15) is 0 Å². The van der Waals surface area contributed by atoms with Gasteiger partial charge in [-0.25, -0.2) is 0 Å². The second kappa shape index (κ2) is 23.6. The topological polar surface area (TPSA) is 162 Å². The summed E-state index contributed by atoms with van der Waals surface area (Å²) in [5, 5.41) is 90.7. The quantitative estimate of drug-likeness (QED) is 0.0561. The van der Waals surface area contributed by atoms with Crippen LogP contribution in [0.3, 0.4) is 0 Å². The molecule has 0 aliphatic carbocycles. The molecule has 458 valence electrons. The fourth-order valence-electron chi connectivity index (χ4n) is 13.6. The van der Waals surface area contributed by atoms with Gasteiger partial charge in [0.05, 0.1) is 0 Å². The summed E-state index contributed by atoms with van der Waals surface area (Å²) < 4.78 is 0. The van der Waals surface area contributed by atoms with Gasteiger partial charge in [0, 0.05) is 0 Å². The van der Waals surface area contributed by atoms with E-state index in [2.05, 4.69) is 109 Å². The Balaban J connectivity index is 1.06. The molecule has 0 radical (unpaired) electrons. The van der Waals surface area contributed by atoms with E-state index in [9.17, 15) is 40.9 Å². The lowest BCUT2D eigenvalue weighted by Gasteiger charge is -2.23. The Bertz CT molecular complexity index is 4690. The maximum atomic E-state index is 10.6. The monoisotopic (exact) mass is 1240 g/mol. The second-order valence-corrected chi connectivity index (χ2v) is 24.6. The van der Waals surface area contributed by atoms with E-state index in [0.29, 0.717) is 0 Å². The van der Waals surface area contributed by atoms with Crippen molar-refractivity contribution in [2.24, 2.45) is 0 Å². The maximum Gasteiger partial charge on any atom is 0.115 e. The zero-order valence-electron chi connectivity index (χ0n) is 51.4. The van der Waals surface area contributed by atoms with Crippen LogP contribution in [0.25, 0.3) is 166 Å². The van der Waals surface area contributed by atoms with Gasteiger partial charge in [0.1, 0.15) is 46.0 Å². The average Bonchev–Trinajstić information content (AvgIpc) is 0.707. The first-order valence-electron chi connectivity index (χ1n) is 31.5. The molecule has 8 heteroatoms. The van der Waals surface area contributed by atoms with Crippen LogP contribution in [0, 0.1) is 0 Å². The summed E-state index contributed by atoms with van der Waals surface area (Å²) in [5.41, 5.74) is 21.8. The fourth-order valence-corrected chi connectivity index (χ4v) is 13.6. The van der Waals surface area contributed by atoms with Crippen LogP contribution >= 0.6 is 0 Å². The van der Waals surface area contributed by atoms with Crippen molar-refractivity contribution in [2.75, 3.05) is 0 Å². The highest BCUT2D eigenvalue weighted by atomic mass is 16.3. The first-order valence-corrected chi connectivity index (χ1v) is 31.5. The minimum Gasteiger partial charge on any atom is -0.508 e. The van der Waals surface area contributed by atoms with Crippen molar-refractivity contribution in [2.45, 2.75) is 0 Å². The Morgan fingerprint density at radius 3 is 0.375 bits per heavy atom. The molecule has 0 aliphatic rings. The second-order valence-electron chi connectivity index (χ2n) is 24.6. The number of phenolic OH excluding ortho intramolecular Hbond substituents is 8. The van der Waals surface area contributed by atoms with Crippen LogP contribution in [-0.4, -0.2) is 40.9 Å². The number of benzene rings is 16. The molecule has 0 bridgehead atoms. The molecule has 0 aromatic heterocycles. The third-order valence-electron chi connectivity index (χ3n) is 18.5. The summed E-state index contributed by atoms with van der Waals surface area (Å²) in [6.07, 6.45) is 0. The zero-order chi connectivity index (χ0) is 65.3. The molecule has 0 aliphatic heterocycles. The van der Waals surface area contributed by atoms with Crippen LogP contribution in [-0.2, 0) is 0 Å². The fraction of sp³-hybridized carbons (Fsp3) is 0. The molecule has 16 rings (SSSR count). The van der Waals surface area contributed by atoms with Crippen LogP contribution in [0.5, 0.6) is 46.0 Å². The molecule has 0 saturated carbocycles. The average molecular weight is 1240 g/mol. The number of rotatable bonds is 12. The summed E-state index contributed by atoms with van der Waals surface area (Å²) >= 11 is 0. The summed E-state index contributed by atoms with van der Waals surface area (Å²) in [4.78, 5) is 0. The molecule has 0 atom stereocenters. The largest absolute Gasteiger partial charge is 0.508 e. The van der Waals surface area contributed by atoms with Gasteiger partial charge in [-0.1, -0.05) is 121 Å². The van der Waals surface area contributed by atoms with E-state index in [1.54, 1.807) is 97.1 Å². The molecule has 8 nitrogen and oxygen atoms in total. The molecule has 0 saturated heterocycles. The molecule has 16 aromatic rings. The van der Waals surface area contributed by atoms with Crippen molar-refractivity contribution >= 4 is 32.3 Å². The van der Waals surface area contributed by atoms with Crippen molar-refractivity contribution in [3.05, 3.63) is 303 Å². The summed E-state index contributed by atoms with van der Waals surface area (Å²) in [7, 11) is 0. The van der Waals surface area contributed by atoms with Gasteiger partial charge in [-0.3, -0.25) is 0 Å². The Kier molecular flexibility index (Phi) is 14.3. The smallest absolute Gasteiger partial charge is 0.115 e. The van der Waals surface area contributed by atoms with E-state index in [1.807, 2.05) is 97.1 Å². The SMILES string of the molecule is Oc1ccc(-c2cc(-c3ccc(O)cc3)cc(-c3cc(-c4cc(-c5ccc(O)cc5)cc(-c5ccc(O)cc5)c4)c4ccc5c(-c6cc(-c7ccc(O)cc7)cc(-c7ccc(O)cc7)c6)cc(-c6cc(-c7ccc(O)cc7)cc(-c7ccc(O)cc7)c6)c6ccc3c4c65)c2)cc1. The van der Waals surface area contributed by atoms with Gasteiger partial charge in [0.25, 0.3) is 0 Å². The van der Waals surface area contributed by atoms with Crippen molar-refractivity contribution < 1.29 is 40.9 Å². The minimum absolute atomic E-state index is 0.150. The predicted molar refractivity (Wildman–Crippen MR) is 389 cm³/mol. The summed E-state index contributed by atoms with van der Waals surface area (Å²) in [5.74, 6) is 1.20. The van der Waals surface area contributed by atoms with Gasteiger partial charge >= 0.3 is 0 Å². The molecule has 8 N–H and O–H groups in total. The van der Waals surface area contributed by atoms with Gasteiger partial charge in [0.2, 0.25) is 0 Å².